The number of carbonyl (C=O) groups excluding carboxylic acids is 1. The number of amides is 1. The third kappa shape index (κ3) is 4.13. The number of hydrogen-bond donors (Lipinski definition) is 0. The van der Waals surface area contributed by atoms with Crippen molar-refractivity contribution < 1.29 is 9.53 Å². The van der Waals surface area contributed by atoms with E-state index in [-0.39, 0.29) is 5.91 Å². The molecular formula is C17H21ClN4O2. The number of hydrogen-bond acceptors (Lipinski definition) is 4. The molecule has 1 saturated heterocycles. The van der Waals surface area contributed by atoms with E-state index in [1.165, 1.54) is 0 Å². The second-order valence-corrected chi connectivity index (χ2v) is 6.58. The lowest BCUT2D eigenvalue weighted by atomic mass is 9.99. The molecule has 3 rings (SSSR count). The number of carbonyl (C=O) groups is 1. The largest absolute Gasteiger partial charge is 0.384 e. The Kier molecular flexibility index (Phi) is 5.48. The first kappa shape index (κ1) is 16.9. The van der Waals surface area contributed by atoms with Crippen molar-refractivity contribution in [1.82, 2.24) is 19.9 Å². The molecule has 6 nitrogen and oxygen atoms in total. The first-order valence-electron chi connectivity index (χ1n) is 8.08. The van der Waals surface area contributed by atoms with Gasteiger partial charge in [0.2, 0.25) is 0 Å². The molecule has 0 saturated carbocycles. The van der Waals surface area contributed by atoms with E-state index in [9.17, 15) is 4.79 Å². The van der Waals surface area contributed by atoms with Gasteiger partial charge in [-0.05, 0) is 36.5 Å². The molecule has 1 amide bonds. The quantitative estimate of drug-likeness (QED) is 0.832. The van der Waals surface area contributed by atoms with Crippen LogP contribution in [0.15, 0.2) is 30.5 Å². The molecule has 1 aromatic carbocycles. The standard InChI is InChI=1S/C17H21ClN4O2/c1-24-12-14-3-2-8-21(9-14)17(23)16-11-22(20-19-16)10-13-4-6-15(18)7-5-13/h4-7,11,14H,2-3,8-10,12H2,1H3/t14-/m1/s1. The Hall–Kier alpha value is -1.92. The predicted molar refractivity (Wildman–Crippen MR) is 91.1 cm³/mol. The summed E-state index contributed by atoms with van der Waals surface area (Å²) >= 11 is 5.89. The van der Waals surface area contributed by atoms with E-state index < -0.39 is 0 Å². The maximum Gasteiger partial charge on any atom is 0.276 e. The second-order valence-electron chi connectivity index (χ2n) is 6.14. The van der Waals surface area contributed by atoms with Gasteiger partial charge in [0.15, 0.2) is 5.69 Å². The summed E-state index contributed by atoms with van der Waals surface area (Å²) in [5, 5.41) is 8.81. The SMILES string of the molecule is COC[C@@H]1CCCN(C(=O)c2cn(Cc3ccc(Cl)cc3)nn2)C1. The second kappa shape index (κ2) is 7.77. The van der Waals surface area contributed by atoms with Crippen molar-refractivity contribution in [3.8, 4) is 0 Å². The molecule has 0 unspecified atom stereocenters. The van der Waals surface area contributed by atoms with E-state index in [1.807, 2.05) is 29.2 Å². The van der Waals surface area contributed by atoms with Crippen LogP contribution in [0.4, 0.5) is 0 Å². The molecule has 1 atom stereocenters. The Bertz CT molecular complexity index is 684. The van der Waals surface area contributed by atoms with Gasteiger partial charge >= 0.3 is 0 Å². The zero-order valence-corrected chi connectivity index (χ0v) is 14.4. The highest BCUT2D eigenvalue weighted by Gasteiger charge is 2.26. The molecule has 1 fully saturated rings. The fourth-order valence-electron chi connectivity index (χ4n) is 3.03. The first-order chi connectivity index (χ1) is 11.7. The van der Waals surface area contributed by atoms with Crippen LogP contribution in [0.25, 0.3) is 0 Å². The molecule has 1 aromatic heterocycles. The van der Waals surface area contributed by atoms with Gasteiger partial charge in [0, 0.05) is 25.2 Å². The van der Waals surface area contributed by atoms with Crippen molar-refractivity contribution in [3.63, 3.8) is 0 Å². The number of ether oxygens (including phenoxy) is 1. The lowest BCUT2D eigenvalue weighted by Crippen LogP contribution is -2.41. The summed E-state index contributed by atoms with van der Waals surface area (Å²) in [6, 6.07) is 7.55. The molecule has 24 heavy (non-hydrogen) atoms. The van der Waals surface area contributed by atoms with Gasteiger partial charge in [0.05, 0.1) is 19.3 Å². The summed E-state index contributed by atoms with van der Waals surface area (Å²) in [5.41, 5.74) is 1.45. The van der Waals surface area contributed by atoms with Gasteiger partial charge in [-0.2, -0.15) is 0 Å². The number of nitrogens with zero attached hydrogens (tertiary/aromatic N) is 4. The van der Waals surface area contributed by atoms with E-state index in [1.54, 1.807) is 18.0 Å². The van der Waals surface area contributed by atoms with Gasteiger partial charge in [-0.1, -0.05) is 28.9 Å². The van der Waals surface area contributed by atoms with Crippen molar-refractivity contribution in [2.24, 2.45) is 5.92 Å². The number of benzene rings is 1. The van der Waals surface area contributed by atoms with Gasteiger partial charge < -0.3 is 9.64 Å². The van der Waals surface area contributed by atoms with Crippen LogP contribution < -0.4 is 0 Å². The Morgan fingerprint density at radius 2 is 2.17 bits per heavy atom. The molecule has 1 aliphatic rings. The number of piperidine rings is 1. The van der Waals surface area contributed by atoms with E-state index in [2.05, 4.69) is 10.3 Å². The fraction of sp³-hybridized carbons (Fsp3) is 0.471. The molecule has 0 bridgehead atoms. The van der Waals surface area contributed by atoms with Crippen molar-refractivity contribution in [2.45, 2.75) is 19.4 Å². The number of halogens is 1. The summed E-state index contributed by atoms with van der Waals surface area (Å²) < 4.78 is 6.89. The van der Waals surface area contributed by atoms with Crippen LogP contribution in [0.1, 0.15) is 28.9 Å². The van der Waals surface area contributed by atoms with Gasteiger partial charge in [-0.3, -0.25) is 4.79 Å². The first-order valence-corrected chi connectivity index (χ1v) is 8.46. The summed E-state index contributed by atoms with van der Waals surface area (Å²) in [4.78, 5) is 14.5. The van der Waals surface area contributed by atoms with Crippen LogP contribution in [-0.4, -0.2) is 52.6 Å². The van der Waals surface area contributed by atoms with Crippen molar-refractivity contribution in [3.05, 3.63) is 46.7 Å². The van der Waals surface area contributed by atoms with Gasteiger partial charge in [0.1, 0.15) is 0 Å². The number of aromatic nitrogens is 3. The highest BCUT2D eigenvalue weighted by molar-refractivity contribution is 6.30. The lowest BCUT2D eigenvalue weighted by molar-refractivity contribution is 0.0565. The topological polar surface area (TPSA) is 60.2 Å². The monoisotopic (exact) mass is 348 g/mol. The van der Waals surface area contributed by atoms with E-state index >= 15 is 0 Å². The van der Waals surface area contributed by atoms with Crippen LogP contribution in [0.3, 0.4) is 0 Å². The minimum atomic E-state index is -0.0573. The molecule has 2 heterocycles. The maximum atomic E-state index is 12.6. The molecule has 7 heteroatoms. The van der Waals surface area contributed by atoms with Crippen molar-refractivity contribution in [2.75, 3.05) is 26.8 Å². The fourth-order valence-corrected chi connectivity index (χ4v) is 3.16. The van der Waals surface area contributed by atoms with Crippen LogP contribution in [0.5, 0.6) is 0 Å². The highest BCUT2D eigenvalue weighted by atomic mass is 35.5. The third-order valence-corrected chi connectivity index (χ3v) is 4.48. The zero-order chi connectivity index (χ0) is 16.9. The molecule has 2 aromatic rings. The van der Waals surface area contributed by atoms with E-state index in [0.29, 0.717) is 29.8 Å². The third-order valence-electron chi connectivity index (χ3n) is 4.22. The maximum absolute atomic E-state index is 12.6. The van der Waals surface area contributed by atoms with Crippen LogP contribution in [-0.2, 0) is 11.3 Å². The molecular weight excluding hydrogens is 328 g/mol. The van der Waals surface area contributed by atoms with E-state index in [0.717, 1.165) is 31.5 Å². The molecule has 1 aliphatic heterocycles. The Morgan fingerprint density at radius 3 is 2.92 bits per heavy atom. The number of rotatable bonds is 5. The van der Waals surface area contributed by atoms with Gasteiger partial charge in [-0.25, -0.2) is 4.68 Å². The Labute approximate surface area is 146 Å². The minimum absolute atomic E-state index is 0.0573. The summed E-state index contributed by atoms with van der Waals surface area (Å²) in [7, 11) is 1.70. The molecule has 128 valence electrons. The molecule has 0 N–H and O–H groups in total. The van der Waals surface area contributed by atoms with Gasteiger partial charge in [0.25, 0.3) is 5.91 Å². The lowest BCUT2D eigenvalue weighted by Gasteiger charge is -2.31. The van der Waals surface area contributed by atoms with Crippen LogP contribution in [0.2, 0.25) is 5.02 Å². The molecule has 0 aliphatic carbocycles. The van der Waals surface area contributed by atoms with Crippen molar-refractivity contribution >= 4 is 17.5 Å². The normalized spacial score (nSPS) is 17.9. The van der Waals surface area contributed by atoms with Crippen LogP contribution in [0, 0.1) is 5.92 Å². The Balaban J connectivity index is 1.64. The Morgan fingerprint density at radius 1 is 1.38 bits per heavy atom. The molecule has 0 spiro atoms. The average molecular weight is 349 g/mol. The van der Waals surface area contributed by atoms with Gasteiger partial charge in [-0.15, -0.1) is 5.10 Å². The molecule has 0 radical (unpaired) electrons. The highest BCUT2D eigenvalue weighted by Crippen LogP contribution is 2.18. The summed E-state index contributed by atoms with van der Waals surface area (Å²) in [5.74, 6) is 0.343. The minimum Gasteiger partial charge on any atom is -0.384 e. The average Bonchev–Trinajstić information content (AvgIpc) is 3.05. The van der Waals surface area contributed by atoms with Crippen molar-refractivity contribution in [1.29, 1.82) is 0 Å². The smallest absolute Gasteiger partial charge is 0.276 e. The zero-order valence-electron chi connectivity index (χ0n) is 13.7. The number of methoxy groups -OCH3 is 1. The van der Waals surface area contributed by atoms with E-state index in [4.69, 9.17) is 16.3 Å². The predicted octanol–water partition coefficient (Wildman–Crippen LogP) is 2.48. The number of likely N-dealkylation sites (tertiary alicyclic amines) is 1. The summed E-state index contributed by atoms with van der Waals surface area (Å²) in [6.07, 6.45) is 3.80. The van der Waals surface area contributed by atoms with Crippen LogP contribution >= 0.6 is 11.6 Å². The summed E-state index contributed by atoms with van der Waals surface area (Å²) in [6.45, 7) is 2.73.